The maximum Gasteiger partial charge on any atom is 0.119 e. The van der Waals surface area contributed by atoms with Gasteiger partial charge in [0.1, 0.15) is 5.75 Å². The zero-order valence-corrected chi connectivity index (χ0v) is 20.4. The van der Waals surface area contributed by atoms with Crippen LogP contribution < -0.4 is 4.74 Å². The molecule has 0 radical (unpaired) electrons. The summed E-state index contributed by atoms with van der Waals surface area (Å²) in [5.41, 5.74) is 5.80. The van der Waals surface area contributed by atoms with Crippen LogP contribution in [0.15, 0.2) is 77.9 Å². The van der Waals surface area contributed by atoms with Crippen LogP contribution in [0, 0.1) is 0 Å². The van der Waals surface area contributed by atoms with Gasteiger partial charge in [0.2, 0.25) is 0 Å². The fraction of sp³-hybridized carbons (Fsp3) is 0.345. The number of fused-ring (bicyclic) bond motifs is 1. The topological polar surface area (TPSA) is 28.1 Å². The summed E-state index contributed by atoms with van der Waals surface area (Å²) >= 11 is 6.06. The van der Waals surface area contributed by atoms with E-state index in [1.54, 1.807) is 0 Å². The number of benzene rings is 3. The van der Waals surface area contributed by atoms with Crippen molar-refractivity contribution in [2.75, 3.05) is 26.2 Å². The van der Waals surface area contributed by atoms with Gasteiger partial charge in [-0.25, -0.2) is 0 Å². The maximum absolute atomic E-state index is 6.06. The lowest BCUT2D eigenvalue weighted by atomic mass is 9.96. The van der Waals surface area contributed by atoms with Gasteiger partial charge in [0.15, 0.2) is 0 Å². The molecule has 5 heteroatoms. The van der Waals surface area contributed by atoms with Crippen LogP contribution in [0.25, 0.3) is 0 Å². The first-order valence-electron chi connectivity index (χ1n) is 12.4. The Morgan fingerprint density at radius 1 is 0.853 bits per heavy atom. The fourth-order valence-electron chi connectivity index (χ4n) is 4.79. The van der Waals surface area contributed by atoms with Crippen LogP contribution in [-0.2, 0) is 13.1 Å². The largest absolute Gasteiger partial charge is 0.494 e. The zero-order valence-electron chi connectivity index (χ0n) is 19.6. The summed E-state index contributed by atoms with van der Waals surface area (Å²) in [6.07, 6.45) is 5.13. The highest BCUT2D eigenvalue weighted by atomic mass is 35.5. The van der Waals surface area contributed by atoms with E-state index in [0.717, 1.165) is 54.7 Å². The lowest BCUT2D eigenvalue weighted by molar-refractivity contribution is 0.205. The Bertz CT molecular complexity index is 1100. The van der Waals surface area contributed by atoms with E-state index in [0.29, 0.717) is 0 Å². The molecular formula is C29H32ClN3O. The third kappa shape index (κ3) is 5.81. The second-order valence-electron chi connectivity index (χ2n) is 9.18. The molecule has 4 nitrogen and oxygen atoms in total. The molecule has 0 N–H and O–H groups in total. The van der Waals surface area contributed by atoms with Crippen LogP contribution in [-0.4, -0.2) is 41.9 Å². The Morgan fingerprint density at radius 3 is 2.41 bits per heavy atom. The molecule has 1 fully saturated rings. The minimum absolute atomic E-state index is 0.743. The summed E-state index contributed by atoms with van der Waals surface area (Å²) < 4.78 is 6.03. The van der Waals surface area contributed by atoms with E-state index in [9.17, 15) is 0 Å². The van der Waals surface area contributed by atoms with Crippen molar-refractivity contribution in [3.05, 3.63) is 100 Å². The molecule has 3 aromatic carbocycles. The van der Waals surface area contributed by atoms with E-state index in [2.05, 4.69) is 70.6 Å². The molecule has 0 amide bonds. The van der Waals surface area contributed by atoms with Gasteiger partial charge in [-0.2, -0.15) is 5.10 Å². The third-order valence-electron chi connectivity index (χ3n) is 6.61. The Morgan fingerprint density at radius 2 is 1.62 bits per heavy atom. The van der Waals surface area contributed by atoms with Gasteiger partial charge >= 0.3 is 0 Å². The van der Waals surface area contributed by atoms with Crippen molar-refractivity contribution in [3.8, 4) is 5.75 Å². The van der Waals surface area contributed by atoms with Crippen molar-refractivity contribution < 1.29 is 4.74 Å². The molecule has 2 aliphatic rings. The number of ether oxygens (including phenoxy) is 1. The molecular weight excluding hydrogens is 442 g/mol. The van der Waals surface area contributed by atoms with E-state index in [-0.39, 0.29) is 0 Å². The Labute approximate surface area is 207 Å². The summed E-state index contributed by atoms with van der Waals surface area (Å²) in [5.74, 6) is 0.921. The van der Waals surface area contributed by atoms with E-state index < -0.39 is 0 Å². The first kappa shape index (κ1) is 22.9. The van der Waals surface area contributed by atoms with Crippen LogP contribution in [0.3, 0.4) is 0 Å². The quantitative estimate of drug-likeness (QED) is 0.356. The normalized spacial score (nSPS) is 16.1. The number of halogens is 1. The van der Waals surface area contributed by atoms with Crippen LogP contribution >= 0.6 is 11.6 Å². The SMILES string of the molecule is Clc1ccc(CN2Cc3ccccc3C(c3ccc(OCCCN4CCCCC4)cc3)=N2)cc1. The van der Waals surface area contributed by atoms with Crippen molar-refractivity contribution in [2.45, 2.75) is 38.8 Å². The maximum atomic E-state index is 6.06. The number of hydrazone groups is 1. The van der Waals surface area contributed by atoms with Crippen LogP contribution in [0.5, 0.6) is 5.75 Å². The van der Waals surface area contributed by atoms with Crippen molar-refractivity contribution in [3.63, 3.8) is 0 Å². The second-order valence-corrected chi connectivity index (χ2v) is 9.62. The van der Waals surface area contributed by atoms with Crippen molar-refractivity contribution in [1.82, 2.24) is 9.91 Å². The number of hydrogen-bond acceptors (Lipinski definition) is 4. The minimum atomic E-state index is 0.743. The van der Waals surface area contributed by atoms with Crippen LogP contribution in [0.2, 0.25) is 5.02 Å². The Hall–Kier alpha value is -2.82. The molecule has 5 rings (SSSR count). The monoisotopic (exact) mass is 473 g/mol. The Kier molecular flexibility index (Phi) is 7.47. The lowest BCUT2D eigenvalue weighted by Crippen LogP contribution is -2.31. The fourth-order valence-corrected chi connectivity index (χ4v) is 4.92. The summed E-state index contributed by atoms with van der Waals surface area (Å²) in [6.45, 7) is 5.91. The van der Waals surface area contributed by atoms with Gasteiger partial charge in [0.25, 0.3) is 0 Å². The highest BCUT2D eigenvalue weighted by Gasteiger charge is 2.20. The first-order chi connectivity index (χ1) is 16.7. The van der Waals surface area contributed by atoms with Crippen molar-refractivity contribution >= 4 is 17.3 Å². The molecule has 0 saturated carbocycles. The van der Waals surface area contributed by atoms with Crippen molar-refractivity contribution in [2.24, 2.45) is 5.10 Å². The number of hydrogen-bond donors (Lipinski definition) is 0. The van der Waals surface area contributed by atoms with Gasteiger partial charge in [-0.1, -0.05) is 54.4 Å². The lowest BCUT2D eigenvalue weighted by Gasteiger charge is -2.28. The number of piperidine rings is 1. The number of nitrogens with zero attached hydrogens (tertiary/aromatic N) is 3. The predicted octanol–water partition coefficient (Wildman–Crippen LogP) is 6.36. The molecule has 176 valence electrons. The van der Waals surface area contributed by atoms with Gasteiger partial charge in [-0.05, 0) is 79.9 Å². The molecule has 0 atom stereocenters. The van der Waals surface area contributed by atoms with Gasteiger partial charge in [-0.3, -0.25) is 5.01 Å². The average Bonchev–Trinajstić information content (AvgIpc) is 2.88. The second kappa shape index (κ2) is 11.1. The molecule has 2 heterocycles. The standard InChI is InChI=1S/C29H32ClN3O/c30-26-13-9-23(10-14-26)21-33-22-25-7-2-3-8-28(25)29(31-33)24-11-15-27(16-12-24)34-20-6-19-32-17-4-1-5-18-32/h2-3,7-16H,1,4-6,17-22H2. The number of rotatable bonds is 8. The third-order valence-corrected chi connectivity index (χ3v) is 6.86. The Balaban J connectivity index is 1.25. The van der Waals surface area contributed by atoms with E-state index >= 15 is 0 Å². The van der Waals surface area contributed by atoms with Crippen LogP contribution in [0.1, 0.15) is 47.9 Å². The summed E-state index contributed by atoms with van der Waals surface area (Å²) in [6, 6.07) is 24.9. The summed E-state index contributed by atoms with van der Waals surface area (Å²) in [7, 11) is 0. The molecule has 0 aliphatic carbocycles. The van der Waals surface area contributed by atoms with Gasteiger partial charge in [0, 0.05) is 22.7 Å². The van der Waals surface area contributed by atoms with E-state index in [1.807, 2.05) is 12.1 Å². The molecule has 0 aromatic heterocycles. The first-order valence-corrected chi connectivity index (χ1v) is 12.7. The molecule has 0 bridgehead atoms. The summed E-state index contributed by atoms with van der Waals surface area (Å²) in [5, 5.41) is 7.92. The average molecular weight is 474 g/mol. The number of likely N-dealkylation sites (tertiary alicyclic amines) is 1. The zero-order chi connectivity index (χ0) is 23.2. The molecule has 2 aliphatic heterocycles. The van der Waals surface area contributed by atoms with E-state index in [4.69, 9.17) is 21.4 Å². The predicted molar refractivity (Wildman–Crippen MR) is 140 cm³/mol. The summed E-state index contributed by atoms with van der Waals surface area (Å²) in [4.78, 5) is 2.56. The van der Waals surface area contributed by atoms with Crippen molar-refractivity contribution in [1.29, 1.82) is 0 Å². The highest BCUT2D eigenvalue weighted by molar-refractivity contribution is 6.30. The molecule has 1 saturated heterocycles. The molecule has 0 spiro atoms. The smallest absolute Gasteiger partial charge is 0.119 e. The minimum Gasteiger partial charge on any atom is -0.494 e. The highest BCUT2D eigenvalue weighted by Crippen LogP contribution is 2.25. The molecule has 0 unspecified atom stereocenters. The van der Waals surface area contributed by atoms with Gasteiger partial charge < -0.3 is 9.64 Å². The molecule has 34 heavy (non-hydrogen) atoms. The van der Waals surface area contributed by atoms with Crippen LogP contribution in [0.4, 0.5) is 0 Å². The van der Waals surface area contributed by atoms with E-state index in [1.165, 1.54) is 49.0 Å². The van der Waals surface area contributed by atoms with Gasteiger partial charge in [-0.15, -0.1) is 0 Å². The molecule has 3 aromatic rings. The van der Waals surface area contributed by atoms with Gasteiger partial charge in [0.05, 0.1) is 25.4 Å².